The zero-order valence-corrected chi connectivity index (χ0v) is 20.0. The first-order chi connectivity index (χ1) is 12.9. The Kier molecular flexibility index (Phi) is 10.3. The average molecular weight is 499 g/mol. The highest BCUT2D eigenvalue weighted by Gasteiger charge is 2.19. The predicted octanol–water partition coefficient (Wildman–Crippen LogP) is 4.17. The summed E-state index contributed by atoms with van der Waals surface area (Å²) in [4.78, 5) is 10.9. The second-order valence-electron chi connectivity index (χ2n) is 7.69. The molecule has 0 radical (unpaired) electrons. The molecule has 7 heteroatoms. The Labute approximate surface area is 186 Å². The number of nitrogens with one attached hydrogen (secondary N) is 2. The maximum atomic E-state index is 5.79. The van der Waals surface area contributed by atoms with Crippen LogP contribution in [-0.2, 0) is 12.0 Å². The quantitative estimate of drug-likeness (QED) is 0.247. The van der Waals surface area contributed by atoms with Gasteiger partial charge in [0.05, 0.1) is 12.7 Å². The van der Waals surface area contributed by atoms with E-state index in [0.717, 1.165) is 37.7 Å². The van der Waals surface area contributed by atoms with Gasteiger partial charge in [0.2, 0.25) is 5.89 Å². The Morgan fingerprint density at radius 1 is 1.14 bits per heavy atom. The molecule has 0 bridgehead atoms. The molecule has 2 N–H and O–H groups in total. The third-order valence-electron chi connectivity index (χ3n) is 4.33. The number of rotatable bonds is 8. The number of benzene rings is 1. The molecular formula is C21H34IN5O. The lowest BCUT2D eigenvalue weighted by molar-refractivity contribution is 0.379. The molecule has 0 atom stereocenters. The number of oxazole rings is 1. The fourth-order valence-electron chi connectivity index (χ4n) is 2.61. The zero-order valence-electron chi connectivity index (χ0n) is 17.7. The van der Waals surface area contributed by atoms with Crippen molar-refractivity contribution in [3.63, 3.8) is 0 Å². The van der Waals surface area contributed by atoms with Gasteiger partial charge in [-0.05, 0) is 25.0 Å². The number of aliphatic imine (C=N–C) groups is 1. The highest BCUT2D eigenvalue weighted by Crippen LogP contribution is 2.22. The molecule has 0 amide bonds. The van der Waals surface area contributed by atoms with Crippen molar-refractivity contribution in [1.29, 1.82) is 0 Å². The van der Waals surface area contributed by atoms with E-state index < -0.39 is 0 Å². The monoisotopic (exact) mass is 499 g/mol. The molecule has 1 aromatic heterocycles. The van der Waals surface area contributed by atoms with E-state index in [1.54, 1.807) is 13.2 Å². The van der Waals surface area contributed by atoms with E-state index in [1.807, 2.05) is 6.07 Å². The number of para-hydroxylation sites is 1. The molecule has 0 fully saturated rings. The van der Waals surface area contributed by atoms with Gasteiger partial charge < -0.3 is 20.0 Å². The molecule has 0 aliphatic rings. The Balaban J connectivity index is 0.00000392. The standard InChI is InChI=1S/C21H33N5O.HI/c1-21(2,3)18-15-24-19(27-18)16-25-20(22-4)23-13-9-10-14-26(5)17-11-7-6-8-12-17;/h6-8,11-12,15H,9-10,13-14,16H2,1-5H3,(H2,22,23,25);1H. The highest BCUT2D eigenvalue weighted by atomic mass is 127. The van der Waals surface area contributed by atoms with Gasteiger partial charge in [0.25, 0.3) is 0 Å². The zero-order chi connectivity index (χ0) is 19.7. The number of aromatic nitrogens is 1. The van der Waals surface area contributed by atoms with Gasteiger partial charge in [-0.15, -0.1) is 24.0 Å². The van der Waals surface area contributed by atoms with E-state index in [2.05, 4.69) is 77.6 Å². The van der Waals surface area contributed by atoms with Gasteiger partial charge >= 0.3 is 0 Å². The van der Waals surface area contributed by atoms with Crippen LogP contribution in [0.4, 0.5) is 5.69 Å². The number of hydrogen-bond donors (Lipinski definition) is 2. The molecule has 6 nitrogen and oxygen atoms in total. The van der Waals surface area contributed by atoms with E-state index >= 15 is 0 Å². The first-order valence-electron chi connectivity index (χ1n) is 9.56. The summed E-state index contributed by atoms with van der Waals surface area (Å²) in [5, 5.41) is 6.59. The van der Waals surface area contributed by atoms with Crippen LogP contribution in [-0.4, -0.2) is 38.1 Å². The van der Waals surface area contributed by atoms with Crippen LogP contribution in [0.15, 0.2) is 45.9 Å². The van der Waals surface area contributed by atoms with Gasteiger partial charge in [0, 0.05) is 38.3 Å². The van der Waals surface area contributed by atoms with Crippen molar-refractivity contribution in [2.24, 2.45) is 4.99 Å². The van der Waals surface area contributed by atoms with Crippen LogP contribution in [0.25, 0.3) is 0 Å². The summed E-state index contributed by atoms with van der Waals surface area (Å²) in [7, 11) is 3.90. The molecule has 1 aromatic carbocycles. The molecule has 0 aliphatic heterocycles. The predicted molar refractivity (Wildman–Crippen MR) is 128 cm³/mol. The normalized spacial score (nSPS) is 11.7. The fourth-order valence-corrected chi connectivity index (χ4v) is 2.61. The third kappa shape index (κ3) is 8.08. The Bertz CT molecular complexity index is 709. The number of anilines is 1. The van der Waals surface area contributed by atoms with Crippen molar-refractivity contribution in [2.45, 2.75) is 45.6 Å². The first-order valence-corrected chi connectivity index (χ1v) is 9.56. The molecule has 2 aromatic rings. The van der Waals surface area contributed by atoms with E-state index in [1.165, 1.54) is 5.69 Å². The molecule has 2 rings (SSSR count). The Morgan fingerprint density at radius 3 is 2.46 bits per heavy atom. The number of nitrogens with zero attached hydrogens (tertiary/aromatic N) is 3. The second kappa shape index (κ2) is 11.9. The average Bonchev–Trinajstić information content (AvgIpc) is 3.14. The second-order valence-corrected chi connectivity index (χ2v) is 7.69. The van der Waals surface area contributed by atoms with E-state index in [-0.39, 0.29) is 29.4 Å². The van der Waals surface area contributed by atoms with Crippen molar-refractivity contribution < 1.29 is 4.42 Å². The fraction of sp³-hybridized carbons (Fsp3) is 0.524. The molecule has 0 aliphatic carbocycles. The van der Waals surface area contributed by atoms with Crippen LogP contribution in [0.3, 0.4) is 0 Å². The lowest BCUT2D eigenvalue weighted by atomic mass is 9.94. The van der Waals surface area contributed by atoms with Crippen LogP contribution in [0, 0.1) is 0 Å². The Hall–Kier alpha value is -1.77. The van der Waals surface area contributed by atoms with Crippen LogP contribution >= 0.6 is 24.0 Å². The molecule has 28 heavy (non-hydrogen) atoms. The largest absolute Gasteiger partial charge is 0.443 e. The minimum atomic E-state index is -0.0297. The van der Waals surface area contributed by atoms with Gasteiger partial charge in [-0.3, -0.25) is 4.99 Å². The highest BCUT2D eigenvalue weighted by molar-refractivity contribution is 14.0. The lowest BCUT2D eigenvalue weighted by Crippen LogP contribution is -2.37. The number of guanidine groups is 1. The van der Waals surface area contributed by atoms with Crippen molar-refractivity contribution >= 4 is 35.6 Å². The first kappa shape index (κ1) is 24.3. The summed E-state index contributed by atoms with van der Waals surface area (Å²) in [5.74, 6) is 2.33. The summed E-state index contributed by atoms with van der Waals surface area (Å²) < 4.78 is 5.79. The number of halogens is 1. The van der Waals surface area contributed by atoms with Crippen molar-refractivity contribution in [2.75, 3.05) is 32.1 Å². The van der Waals surface area contributed by atoms with Crippen LogP contribution in [0.1, 0.15) is 45.3 Å². The smallest absolute Gasteiger partial charge is 0.213 e. The van der Waals surface area contributed by atoms with Crippen molar-refractivity contribution in [1.82, 2.24) is 15.6 Å². The van der Waals surface area contributed by atoms with Crippen molar-refractivity contribution in [3.05, 3.63) is 48.2 Å². The molecule has 0 saturated carbocycles. The van der Waals surface area contributed by atoms with Crippen LogP contribution in [0.5, 0.6) is 0 Å². The SMILES string of the molecule is CN=C(NCCCCN(C)c1ccccc1)NCc1ncc(C(C)(C)C)o1.I. The van der Waals surface area contributed by atoms with E-state index in [0.29, 0.717) is 12.4 Å². The topological polar surface area (TPSA) is 65.7 Å². The van der Waals surface area contributed by atoms with E-state index in [9.17, 15) is 0 Å². The van der Waals surface area contributed by atoms with Crippen molar-refractivity contribution in [3.8, 4) is 0 Å². The van der Waals surface area contributed by atoms with Gasteiger partial charge in [-0.25, -0.2) is 4.98 Å². The van der Waals surface area contributed by atoms with Crippen LogP contribution < -0.4 is 15.5 Å². The van der Waals surface area contributed by atoms with Gasteiger partial charge in [0.15, 0.2) is 5.96 Å². The summed E-state index contributed by atoms with van der Waals surface area (Å²) in [6, 6.07) is 10.5. The summed E-state index contributed by atoms with van der Waals surface area (Å²) >= 11 is 0. The molecular weight excluding hydrogens is 465 g/mol. The maximum Gasteiger partial charge on any atom is 0.213 e. The summed E-state index contributed by atoms with van der Waals surface area (Å²) in [5.41, 5.74) is 1.22. The number of unbranched alkanes of at least 4 members (excludes halogenated alkanes) is 1. The summed E-state index contributed by atoms with van der Waals surface area (Å²) in [6.45, 7) is 8.76. The minimum absolute atomic E-state index is 0. The third-order valence-corrected chi connectivity index (χ3v) is 4.33. The van der Waals surface area contributed by atoms with Gasteiger partial charge in [-0.2, -0.15) is 0 Å². The molecule has 156 valence electrons. The Morgan fingerprint density at radius 2 is 1.86 bits per heavy atom. The number of hydrogen-bond acceptors (Lipinski definition) is 4. The van der Waals surface area contributed by atoms with Crippen LogP contribution in [0.2, 0.25) is 0 Å². The lowest BCUT2D eigenvalue weighted by Gasteiger charge is -2.19. The van der Waals surface area contributed by atoms with Gasteiger partial charge in [-0.1, -0.05) is 39.0 Å². The molecule has 1 heterocycles. The van der Waals surface area contributed by atoms with Gasteiger partial charge in [0.1, 0.15) is 5.76 Å². The molecule has 0 spiro atoms. The minimum Gasteiger partial charge on any atom is -0.443 e. The molecule has 0 saturated heterocycles. The summed E-state index contributed by atoms with van der Waals surface area (Å²) in [6.07, 6.45) is 3.99. The maximum absolute atomic E-state index is 5.79. The van der Waals surface area contributed by atoms with E-state index in [4.69, 9.17) is 4.42 Å². The molecule has 0 unspecified atom stereocenters.